The Bertz CT molecular complexity index is 296. The lowest BCUT2D eigenvalue weighted by Gasteiger charge is -2.26. The fourth-order valence-corrected chi connectivity index (χ4v) is 1.94. The molecule has 0 aliphatic rings. The molecule has 0 spiro atoms. The van der Waals surface area contributed by atoms with E-state index in [1.807, 2.05) is 13.1 Å². The Morgan fingerprint density at radius 3 is 2.67 bits per heavy atom. The van der Waals surface area contributed by atoms with E-state index in [1.54, 1.807) is 6.20 Å². The summed E-state index contributed by atoms with van der Waals surface area (Å²) < 4.78 is 2.09. The number of aromatic nitrogens is 2. The van der Waals surface area contributed by atoms with Crippen molar-refractivity contribution >= 4 is 0 Å². The molecule has 0 aliphatic carbocycles. The van der Waals surface area contributed by atoms with Crippen molar-refractivity contribution in [2.75, 3.05) is 0 Å². The van der Waals surface area contributed by atoms with Gasteiger partial charge < -0.3 is 9.67 Å². The van der Waals surface area contributed by atoms with Crippen molar-refractivity contribution < 1.29 is 5.11 Å². The number of hydrogen-bond donors (Lipinski definition) is 1. The number of nitrogens with zero attached hydrogens (tertiary/aromatic N) is 2. The van der Waals surface area contributed by atoms with Crippen LogP contribution in [0.4, 0.5) is 0 Å². The Morgan fingerprint density at radius 1 is 1.40 bits per heavy atom. The van der Waals surface area contributed by atoms with E-state index in [4.69, 9.17) is 0 Å². The molecule has 1 aromatic rings. The quantitative estimate of drug-likeness (QED) is 0.783. The van der Waals surface area contributed by atoms with E-state index < -0.39 is 5.60 Å². The zero-order valence-corrected chi connectivity index (χ0v) is 10.0. The maximum absolute atomic E-state index is 10.4. The summed E-state index contributed by atoms with van der Waals surface area (Å²) >= 11 is 0. The van der Waals surface area contributed by atoms with Crippen LogP contribution in [0.3, 0.4) is 0 Å². The Labute approximate surface area is 92.1 Å². The van der Waals surface area contributed by atoms with Gasteiger partial charge in [0.25, 0.3) is 0 Å². The van der Waals surface area contributed by atoms with Crippen molar-refractivity contribution in [2.24, 2.45) is 0 Å². The molecule has 0 aromatic carbocycles. The number of rotatable bonds is 6. The third-order valence-electron chi connectivity index (χ3n) is 3.00. The molecule has 86 valence electrons. The molecule has 15 heavy (non-hydrogen) atoms. The van der Waals surface area contributed by atoms with Gasteiger partial charge in [-0.05, 0) is 19.8 Å². The molecule has 1 heterocycles. The highest BCUT2D eigenvalue weighted by molar-refractivity contribution is 4.98. The van der Waals surface area contributed by atoms with Crippen LogP contribution >= 0.6 is 0 Å². The maximum Gasteiger partial charge on any atom is 0.111 e. The Morgan fingerprint density at radius 2 is 2.13 bits per heavy atom. The average molecular weight is 210 g/mol. The van der Waals surface area contributed by atoms with Crippen molar-refractivity contribution in [3.8, 4) is 0 Å². The molecule has 3 heteroatoms. The van der Waals surface area contributed by atoms with Crippen molar-refractivity contribution in [1.29, 1.82) is 0 Å². The molecule has 0 fully saturated rings. The Kier molecular flexibility index (Phi) is 4.33. The van der Waals surface area contributed by atoms with Crippen molar-refractivity contribution in [3.05, 3.63) is 18.2 Å². The van der Waals surface area contributed by atoms with E-state index in [-0.39, 0.29) is 0 Å². The van der Waals surface area contributed by atoms with Crippen LogP contribution in [0.5, 0.6) is 0 Å². The molecule has 1 aromatic heterocycles. The number of aliphatic hydroxyl groups is 1. The number of aryl methyl sites for hydroxylation is 1. The van der Waals surface area contributed by atoms with Crippen molar-refractivity contribution in [1.82, 2.24) is 9.55 Å². The van der Waals surface area contributed by atoms with Gasteiger partial charge in [-0.15, -0.1) is 0 Å². The number of hydrogen-bond acceptors (Lipinski definition) is 2. The minimum atomic E-state index is -0.576. The average Bonchev–Trinajstić information content (AvgIpc) is 2.65. The summed E-state index contributed by atoms with van der Waals surface area (Å²) in [5.41, 5.74) is -0.576. The molecule has 0 aliphatic heterocycles. The van der Waals surface area contributed by atoms with Crippen LogP contribution in [-0.4, -0.2) is 20.3 Å². The molecule has 3 nitrogen and oxygen atoms in total. The summed E-state index contributed by atoms with van der Waals surface area (Å²) in [5, 5.41) is 10.4. The summed E-state index contributed by atoms with van der Waals surface area (Å²) in [7, 11) is 0. The van der Waals surface area contributed by atoms with Crippen LogP contribution in [0.15, 0.2) is 12.4 Å². The normalized spacial score (nSPS) is 15.2. The highest BCUT2D eigenvalue weighted by Crippen LogP contribution is 2.21. The van der Waals surface area contributed by atoms with Crippen molar-refractivity contribution in [2.45, 2.75) is 58.6 Å². The molecule has 1 N–H and O–H groups in total. The fourth-order valence-electron chi connectivity index (χ4n) is 1.94. The molecule has 1 unspecified atom stereocenters. The smallest absolute Gasteiger partial charge is 0.111 e. The van der Waals surface area contributed by atoms with Gasteiger partial charge in [0, 0.05) is 25.4 Å². The zero-order valence-electron chi connectivity index (χ0n) is 10.0. The Balaban J connectivity index is 2.74. The topological polar surface area (TPSA) is 38.1 Å². The molecule has 0 saturated heterocycles. The van der Waals surface area contributed by atoms with Gasteiger partial charge in [0.05, 0.1) is 5.60 Å². The van der Waals surface area contributed by atoms with Crippen LogP contribution in [0, 0.1) is 0 Å². The molecule has 0 saturated carbocycles. The highest BCUT2D eigenvalue weighted by Gasteiger charge is 2.25. The minimum Gasteiger partial charge on any atom is -0.389 e. The van der Waals surface area contributed by atoms with Gasteiger partial charge in [0.1, 0.15) is 5.82 Å². The standard InChI is InChI=1S/C12H22N2O/c1-4-7-12(15,5-2)10-11-13-8-9-14(11)6-3/h8-9,15H,4-7,10H2,1-3H3. The highest BCUT2D eigenvalue weighted by atomic mass is 16.3. The maximum atomic E-state index is 10.4. The van der Waals surface area contributed by atoms with Crippen LogP contribution in [0.25, 0.3) is 0 Å². The SMILES string of the molecule is CCCC(O)(CC)Cc1nccn1CC. The van der Waals surface area contributed by atoms with Crippen LogP contribution in [-0.2, 0) is 13.0 Å². The molecular formula is C12H22N2O. The second kappa shape index (κ2) is 5.31. The summed E-state index contributed by atoms with van der Waals surface area (Å²) in [5.74, 6) is 0.996. The summed E-state index contributed by atoms with van der Waals surface area (Å²) in [6.45, 7) is 7.15. The largest absolute Gasteiger partial charge is 0.389 e. The van der Waals surface area contributed by atoms with Crippen LogP contribution in [0.1, 0.15) is 45.9 Å². The van der Waals surface area contributed by atoms with Gasteiger partial charge in [-0.25, -0.2) is 4.98 Å². The first-order valence-electron chi connectivity index (χ1n) is 5.87. The third kappa shape index (κ3) is 3.06. The van der Waals surface area contributed by atoms with E-state index in [0.717, 1.165) is 31.6 Å². The van der Waals surface area contributed by atoms with Gasteiger partial charge >= 0.3 is 0 Å². The lowest BCUT2D eigenvalue weighted by Crippen LogP contribution is -2.31. The third-order valence-corrected chi connectivity index (χ3v) is 3.00. The van der Waals surface area contributed by atoms with E-state index in [0.29, 0.717) is 6.42 Å². The van der Waals surface area contributed by atoms with Crippen molar-refractivity contribution in [3.63, 3.8) is 0 Å². The molecule has 0 radical (unpaired) electrons. The molecule has 1 rings (SSSR count). The zero-order chi connectivity index (χ0) is 11.3. The predicted octanol–water partition coefficient (Wildman–Crippen LogP) is 2.39. The van der Waals surface area contributed by atoms with Gasteiger partial charge in [0.2, 0.25) is 0 Å². The van der Waals surface area contributed by atoms with E-state index in [2.05, 4.69) is 23.4 Å². The molecule has 1 atom stereocenters. The summed E-state index contributed by atoms with van der Waals surface area (Å²) in [6, 6.07) is 0. The Hall–Kier alpha value is -0.830. The van der Waals surface area contributed by atoms with E-state index >= 15 is 0 Å². The molecular weight excluding hydrogens is 188 g/mol. The minimum absolute atomic E-state index is 0.576. The second-order valence-corrected chi connectivity index (χ2v) is 4.13. The van der Waals surface area contributed by atoms with Gasteiger partial charge in [-0.2, -0.15) is 0 Å². The van der Waals surface area contributed by atoms with E-state index in [9.17, 15) is 5.11 Å². The van der Waals surface area contributed by atoms with E-state index in [1.165, 1.54) is 0 Å². The first-order chi connectivity index (χ1) is 7.15. The van der Waals surface area contributed by atoms with Gasteiger partial charge in [-0.3, -0.25) is 0 Å². The summed E-state index contributed by atoms with van der Waals surface area (Å²) in [4.78, 5) is 4.31. The molecule has 0 amide bonds. The fraction of sp³-hybridized carbons (Fsp3) is 0.750. The molecule has 0 bridgehead atoms. The lowest BCUT2D eigenvalue weighted by molar-refractivity contribution is 0.0244. The first kappa shape index (κ1) is 12.2. The van der Waals surface area contributed by atoms with Crippen LogP contribution in [0.2, 0.25) is 0 Å². The predicted molar refractivity (Wildman–Crippen MR) is 61.8 cm³/mol. The van der Waals surface area contributed by atoms with Gasteiger partial charge in [-0.1, -0.05) is 20.3 Å². The summed E-state index contributed by atoms with van der Waals surface area (Å²) in [6.07, 6.45) is 7.09. The lowest BCUT2D eigenvalue weighted by atomic mass is 9.91. The number of imidazole rings is 1. The van der Waals surface area contributed by atoms with Gasteiger partial charge in [0.15, 0.2) is 0 Å². The monoisotopic (exact) mass is 210 g/mol. The first-order valence-corrected chi connectivity index (χ1v) is 5.87. The second-order valence-electron chi connectivity index (χ2n) is 4.13. The van der Waals surface area contributed by atoms with Crippen LogP contribution < -0.4 is 0 Å².